The summed E-state index contributed by atoms with van der Waals surface area (Å²) in [4.78, 5) is 27.6. The van der Waals surface area contributed by atoms with E-state index in [1.807, 2.05) is 6.92 Å². The average Bonchev–Trinajstić information content (AvgIpc) is 2.67. The summed E-state index contributed by atoms with van der Waals surface area (Å²) in [6, 6.07) is 4.83. The number of hydrogen-bond donors (Lipinski definition) is 2. The van der Waals surface area contributed by atoms with E-state index >= 15 is 0 Å². The fraction of sp³-hybridized carbons (Fsp3) is 0.556. The van der Waals surface area contributed by atoms with Crippen molar-refractivity contribution in [3.63, 3.8) is 0 Å². The predicted molar refractivity (Wildman–Crippen MR) is 100 cm³/mol. The lowest BCUT2D eigenvalue weighted by atomic mass is 9.97. The van der Waals surface area contributed by atoms with Crippen LogP contribution in [-0.2, 0) is 16.7 Å². The zero-order valence-corrected chi connectivity index (χ0v) is 16.6. The third-order valence-corrected chi connectivity index (χ3v) is 6.41. The topological polar surface area (TPSA) is 64.7 Å². The lowest BCUT2D eigenvalue weighted by Crippen LogP contribution is -2.74. The minimum Gasteiger partial charge on any atom is -0.311 e. The molecule has 154 valence electrons. The Balaban J connectivity index is 1.80. The third-order valence-electron chi connectivity index (χ3n) is 5.12. The highest BCUT2D eigenvalue weighted by molar-refractivity contribution is 7.99. The number of rotatable bonds is 4. The highest BCUT2D eigenvalue weighted by Gasteiger charge is 2.50. The second-order valence-corrected chi connectivity index (χ2v) is 8.12. The molecule has 0 aromatic heterocycles. The van der Waals surface area contributed by atoms with E-state index in [0.29, 0.717) is 11.3 Å². The fourth-order valence-electron chi connectivity index (χ4n) is 3.53. The number of fused-ring (bicyclic) bond motifs is 1. The van der Waals surface area contributed by atoms with Crippen LogP contribution in [0.1, 0.15) is 24.5 Å². The molecule has 0 bridgehead atoms. The number of nitrogens with one attached hydrogen (secondary N) is 2. The van der Waals surface area contributed by atoms with Crippen LogP contribution < -0.4 is 10.6 Å². The number of nitrogens with zero attached hydrogens (tertiary/aromatic N) is 2. The number of amides is 3. The number of carbonyl (C=O) groups excluding carboxylic acids is 2. The Labute approximate surface area is 165 Å². The molecule has 0 radical (unpaired) electrons. The molecular weight excluding hydrogens is 393 g/mol. The quantitative estimate of drug-likeness (QED) is 0.790. The Morgan fingerprint density at radius 2 is 1.89 bits per heavy atom. The van der Waals surface area contributed by atoms with Crippen molar-refractivity contribution < 1.29 is 22.8 Å². The Morgan fingerprint density at radius 1 is 1.18 bits per heavy atom. The van der Waals surface area contributed by atoms with Crippen LogP contribution in [0, 0.1) is 5.92 Å². The van der Waals surface area contributed by atoms with Gasteiger partial charge in [-0.15, -0.1) is 11.8 Å². The van der Waals surface area contributed by atoms with E-state index < -0.39 is 23.8 Å². The maximum Gasteiger partial charge on any atom is 0.416 e. The van der Waals surface area contributed by atoms with Crippen LogP contribution in [0.3, 0.4) is 0 Å². The molecule has 2 aliphatic heterocycles. The van der Waals surface area contributed by atoms with Crippen molar-refractivity contribution in [1.82, 2.24) is 20.4 Å². The van der Waals surface area contributed by atoms with Gasteiger partial charge in [0.2, 0.25) is 5.91 Å². The minimum atomic E-state index is -4.39. The van der Waals surface area contributed by atoms with Crippen molar-refractivity contribution in [2.24, 2.45) is 5.92 Å². The average molecular weight is 416 g/mol. The van der Waals surface area contributed by atoms with Crippen molar-refractivity contribution >= 4 is 23.7 Å². The van der Waals surface area contributed by atoms with E-state index in [0.717, 1.165) is 23.5 Å². The molecule has 0 saturated carbocycles. The molecule has 6 nitrogen and oxygen atoms in total. The summed E-state index contributed by atoms with van der Waals surface area (Å²) < 4.78 is 38.8. The summed E-state index contributed by atoms with van der Waals surface area (Å²) in [5.41, 5.74) is -0.155. The Kier molecular flexibility index (Phi) is 5.92. The minimum absolute atomic E-state index is 0.105. The van der Waals surface area contributed by atoms with Crippen molar-refractivity contribution in [3.8, 4) is 0 Å². The molecule has 3 amide bonds. The molecular formula is C18H23F3N4O2S. The maximum atomic E-state index is 12.9. The van der Waals surface area contributed by atoms with Gasteiger partial charge in [0.05, 0.1) is 29.2 Å². The largest absolute Gasteiger partial charge is 0.416 e. The molecule has 0 aliphatic carbocycles. The van der Waals surface area contributed by atoms with Gasteiger partial charge in [0, 0.05) is 19.8 Å². The molecule has 2 aliphatic rings. The Morgan fingerprint density at radius 3 is 2.54 bits per heavy atom. The summed E-state index contributed by atoms with van der Waals surface area (Å²) in [5, 5.41) is 6.29. The number of halogens is 3. The molecule has 0 spiro atoms. The van der Waals surface area contributed by atoms with Crippen LogP contribution in [-0.4, -0.2) is 53.5 Å². The number of benzene rings is 1. The molecule has 4 unspecified atom stereocenters. The van der Waals surface area contributed by atoms with Gasteiger partial charge in [0.25, 0.3) is 0 Å². The van der Waals surface area contributed by atoms with E-state index in [1.54, 1.807) is 13.1 Å². The predicted octanol–water partition coefficient (Wildman–Crippen LogP) is 2.66. The second-order valence-electron chi connectivity index (χ2n) is 6.99. The molecule has 2 saturated heterocycles. The van der Waals surface area contributed by atoms with Crippen molar-refractivity contribution in [2.45, 2.75) is 43.0 Å². The van der Waals surface area contributed by atoms with Gasteiger partial charge in [-0.3, -0.25) is 20.3 Å². The van der Waals surface area contributed by atoms with E-state index in [2.05, 4.69) is 10.6 Å². The van der Waals surface area contributed by atoms with Gasteiger partial charge in [-0.1, -0.05) is 25.1 Å². The van der Waals surface area contributed by atoms with Gasteiger partial charge in [-0.05, 0) is 18.1 Å². The molecule has 4 atom stereocenters. The number of alkyl halides is 3. The Bertz CT molecular complexity index is 761. The third kappa shape index (κ3) is 3.99. The zero-order valence-electron chi connectivity index (χ0n) is 15.8. The lowest BCUT2D eigenvalue weighted by Gasteiger charge is -2.50. The smallest absolute Gasteiger partial charge is 0.311 e. The zero-order chi connectivity index (χ0) is 20.6. The molecule has 1 aromatic rings. The van der Waals surface area contributed by atoms with Gasteiger partial charge in [0.15, 0.2) is 0 Å². The van der Waals surface area contributed by atoms with Crippen LogP contribution in [0.2, 0.25) is 0 Å². The van der Waals surface area contributed by atoms with Gasteiger partial charge in [-0.2, -0.15) is 13.2 Å². The number of imide groups is 1. The fourth-order valence-corrected chi connectivity index (χ4v) is 4.81. The van der Waals surface area contributed by atoms with Crippen LogP contribution >= 0.6 is 11.8 Å². The van der Waals surface area contributed by atoms with E-state index in [9.17, 15) is 22.8 Å². The first-order valence-electron chi connectivity index (χ1n) is 8.97. The van der Waals surface area contributed by atoms with Gasteiger partial charge in [0.1, 0.15) is 0 Å². The number of hydrogen-bond acceptors (Lipinski definition) is 5. The van der Waals surface area contributed by atoms with Crippen molar-refractivity contribution in [2.75, 3.05) is 14.1 Å². The lowest BCUT2D eigenvalue weighted by molar-refractivity contribution is -0.140. The highest BCUT2D eigenvalue weighted by Crippen LogP contribution is 2.34. The van der Waals surface area contributed by atoms with E-state index in [-0.39, 0.29) is 23.5 Å². The number of thioether (sulfide) groups is 1. The molecule has 2 heterocycles. The summed E-state index contributed by atoms with van der Waals surface area (Å²) in [7, 11) is 3.08. The maximum absolute atomic E-state index is 12.9. The number of carbonyl (C=O) groups is 2. The first kappa shape index (κ1) is 20.9. The van der Waals surface area contributed by atoms with Crippen LogP contribution in [0.15, 0.2) is 24.3 Å². The highest BCUT2D eigenvalue weighted by atomic mass is 32.2. The standard InChI is InChI=1S/C18H23F3N4O2S/c1-4-12-22-14-13(16(26)25(3)17(27)24(14)2)15(23-12)28-9-10-6-5-7-11(8-10)18(19,20)21/h5-8,12-15,22-23H,4,9H2,1-3H3. The number of urea groups is 1. The SMILES string of the molecule is CCC1NC(SCc2cccc(C(F)(F)F)c2)C2C(=O)N(C)C(=O)N(C)C2N1. The summed E-state index contributed by atoms with van der Waals surface area (Å²) in [6.07, 6.45) is -4.22. The molecule has 1 aromatic carbocycles. The normalized spacial score (nSPS) is 28.5. The van der Waals surface area contributed by atoms with Gasteiger partial charge < -0.3 is 4.90 Å². The molecule has 2 N–H and O–H groups in total. The molecule has 2 fully saturated rings. The summed E-state index contributed by atoms with van der Waals surface area (Å²) in [6.45, 7) is 1.97. The second kappa shape index (κ2) is 7.92. The van der Waals surface area contributed by atoms with Crippen LogP contribution in [0.25, 0.3) is 0 Å². The van der Waals surface area contributed by atoms with Gasteiger partial charge in [-0.25, -0.2) is 4.79 Å². The monoisotopic (exact) mass is 416 g/mol. The molecule has 3 rings (SSSR count). The summed E-state index contributed by atoms with van der Waals surface area (Å²) >= 11 is 1.38. The summed E-state index contributed by atoms with van der Waals surface area (Å²) in [5.74, 6) is -0.522. The molecule has 28 heavy (non-hydrogen) atoms. The van der Waals surface area contributed by atoms with Gasteiger partial charge >= 0.3 is 12.2 Å². The molecule has 10 heteroatoms. The van der Waals surface area contributed by atoms with E-state index in [4.69, 9.17) is 0 Å². The first-order chi connectivity index (χ1) is 13.1. The van der Waals surface area contributed by atoms with Crippen LogP contribution in [0.4, 0.5) is 18.0 Å². The van der Waals surface area contributed by atoms with Crippen LogP contribution in [0.5, 0.6) is 0 Å². The van der Waals surface area contributed by atoms with E-state index in [1.165, 1.54) is 29.8 Å². The Hall–Kier alpha value is -1.78. The van der Waals surface area contributed by atoms with Crippen molar-refractivity contribution in [3.05, 3.63) is 35.4 Å². The first-order valence-corrected chi connectivity index (χ1v) is 10.0. The van der Waals surface area contributed by atoms with Crippen molar-refractivity contribution in [1.29, 1.82) is 0 Å².